The molecule has 0 bridgehead atoms. The molecule has 0 saturated heterocycles. The summed E-state index contributed by atoms with van der Waals surface area (Å²) in [6.07, 6.45) is 1.33. The molecule has 4 nitrogen and oxygen atoms in total. The highest BCUT2D eigenvalue weighted by Gasteiger charge is 1.88. The zero-order valence-electron chi connectivity index (χ0n) is 4.83. The van der Waals surface area contributed by atoms with Crippen molar-refractivity contribution in [3.05, 3.63) is 12.8 Å². The van der Waals surface area contributed by atoms with Crippen LogP contribution in [0.3, 0.4) is 0 Å². The van der Waals surface area contributed by atoms with E-state index < -0.39 is 0 Å². The summed E-state index contributed by atoms with van der Waals surface area (Å²) in [6.45, 7) is 3.33. The van der Waals surface area contributed by atoms with Crippen LogP contribution in [0.15, 0.2) is 17.8 Å². The van der Waals surface area contributed by atoms with Gasteiger partial charge in [0.05, 0.1) is 0 Å². The van der Waals surface area contributed by atoms with Gasteiger partial charge in [-0.25, -0.2) is 10.8 Å². The summed E-state index contributed by atoms with van der Waals surface area (Å²) in [4.78, 5) is 3.58. The van der Waals surface area contributed by atoms with Crippen molar-refractivity contribution in [2.24, 2.45) is 16.6 Å². The largest absolute Gasteiger partial charge is 0.368 e. The Morgan fingerprint density at radius 2 is 2.38 bits per heavy atom. The number of aliphatic imine (C=N–C) groups is 1. The molecule has 0 heterocycles. The molecule has 0 aliphatic heterocycles. The minimum Gasteiger partial charge on any atom is -0.368 e. The Bertz CT molecular complexity index is 105. The summed E-state index contributed by atoms with van der Waals surface area (Å²) in [6, 6.07) is 0. The average Bonchev–Trinajstić information content (AvgIpc) is 1.67. The van der Waals surface area contributed by atoms with Crippen molar-refractivity contribution < 1.29 is 0 Å². The summed E-state index contributed by atoms with van der Waals surface area (Å²) in [5, 5.41) is 1.21. The lowest BCUT2D eigenvalue weighted by atomic mass is 10.9. The first-order valence-electron chi connectivity index (χ1n) is 2.11. The molecule has 0 radical (unpaired) electrons. The fourth-order valence-electron chi connectivity index (χ4n) is 0.185. The van der Waals surface area contributed by atoms with E-state index >= 15 is 0 Å². The molecule has 46 valence electrons. The van der Waals surface area contributed by atoms with Gasteiger partial charge in [-0.1, -0.05) is 6.58 Å². The maximum absolute atomic E-state index is 5.21. The van der Waals surface area contributed by atoms with Crippen LogP contribution in [0, 0.1) is 0 Å². The molecule has 0 saturated carbocycles. The number of nitrogens with two attached hydrogens (primary N) is 2. The van der Waals surface area contributed by atoms with Crippen LogP contribution >= 0.6 is 0 Å². The molecule has 0 aliphatic rings. The zero-order valence-corrected chi connectivity index (χ0v) is 4.83. The van der Waals surface area contributed by atoms with Crippen molar-refractivity contribution in [2.45, 2.75) is 0 Å². The Morgan fingerprint density at radius 3 is 2.50 bits per heavy atom. The van der Waals surface area contributed by atoms with Gasteiger partial charge >= 0.3 is 0 Å². The van der Waals surface area contributed by atoms with Crippen LogP contribution in [0.2, 0.25) is 0 Å². The molecule has 0 atom stereocenters. The van der Waals surface area contributed by atoms with Crippen LogP contribution in [0.4, 0.5) is 0 Å². The second-order valence-electron chi connectivity index (χ2n) is 1.28. The molecule has 0 aromatic carbocycles. The highest BCUT2D eigenvalue weighted by Crippen LogP contribution is 1.70. The minimum atomic E-state index is 0.250. The summed E-state index contributed by atoms with van der Waals surface area (Å²) in [7, 11) is 1.60. The minimum absolute atomic E-state index is 0.250. The second kappa shape index (κ2) is 3.04. The van der Waals surface area contributed by atoms with E-state index in [1.165, 1.54) is 11.2 Å². The lowest BCUT2D eigenvalue weighted by molar-refractivity contribution is 0.532. The SMILES string of the molecule is C=CN=C(N)N(C)N. The van der Waals surface area contributed by atoms with Crippen LogP contribution in [0.5, 0.6) is 0 Å². The average molecular weight is 114 g/mol. The number of hydrazine groups is 1. The molecule has 0 aromatic rings. The van der Waals surface area contributed by atoms with Crippen molar-refractivity contribution in [1.29, 1.82) is 0 Å². The van der Waals surface area contributed by atoms with E-state index in [2.05, 4.69) is 11.6 Å². The molecule has 4 N–H and O–H groups in total. The first-order valence-corrected chi connectivity index (χ1v) is 2.11. The van der Waals surface area contributed by atoms with E-state index in [-0.39, 0.29) is 5.96 Å². The molecule has 8 heavy (non-hydrogen) atoms. The quantitative estimate of drug-likeness (QED) is 0.204. The molecule has 0 rings (SSSR count). The first kappa shape index (κ1) is 6.97. The van der Waals surface area contributed by atoms with E-state index in [1.54, 1.807) is 7.05 Å². The van der Waals surface area contributed by atoms with Gasteiger partial charge in [0.1, 0.15) is 0 Å². The van der Waals surface area contributed by atoms with E-state index in [0.717, 1.165) is 0 Å². The van der Waals surface area contributed by atoms with Crippen molar-refractivity contribution in [1.82, 2.24) is 5.01 Å². The Balaban J connectivity index is 3.78. The van der Waals surface area contributed by atoms with Crippen molar-refractivity contribution in [3.8, 4) is 0 Å². The monoisotopic (exact) mass is 114 g/mol. The van der Waals surface area contributed by atoms with Gasteiger partial charge in [0.15, 0.2) is 0 Å². The van der Waals surface area contributed by atoms with Crippen molar-refractivity contribution in [3.63, 3.8) is 0 Å². The Labute approximate surface area is 48.4 Å². The van der Waals surface area contributed by atoms with Crippen LogP contribution in [0.1, 0.15) is 0 Å². The van der Waals surface area contributed by atoms with Gasteiger partial charge in [0.25, 0.3) is 0 Å². The lowest BCUT2D eigenvalue weighted by Crippen LogP contribution is -2.38. The maximum Gasteiger partial charge on any atom is 0.210 e. The van der Waals surface area contributed by atoms with Crippen LogP contribution in [-0.4, -0.2) is 18.0 Å². The Hall–Kier alpha value is -1.03. The van der Waals surface area contributed by atoms with Gasteiger partial charge in [-0.15, -0.1) is 0 Å². The number of nitrogens with zero attached hydrogens (tertiary/aromatic N) is 2. The van der Waals surface area contributed by atoms with Gasteiger partial charge in [0.2, 0.25) is 5.96 Å². The Morgan fingerprint density at radius 1 is 1.88 bits per heavy atom. The molecular formula is C4H10N4. The van der Waals surface area contributed by atoms with Crippen molar-refractivity contribution >= 4 is 5.96 Å². The normalized spacial score (nSPS) is 11.0. The van der Waals surface area contributed by atoms with Gasteiger partial charge in [-0.2, -0.15) is 0 Å². The van der Waals surface area contributed by atoms with Crippen LogP contribution in [0.25, 0.3) is 0 Å². The summed E-state index contributed by atoms with van der Waals surface area (Å²) < 4.78 is 0. The standard InChI is InChI=1S/C4H10N4/c1-3-7-4(5)8(2)6/h3H,1,6H2,2H3,(H2,5,7). The third kappa shape index (κ3) is 2.20. The second-order valence-corrected chi connectivity index (χ2v) is 1.28. The van der Waals surface area contributed by atoms with Gasteiger partial charge in [-0.05, 0) is 0 Å². The topological polar surface area (TPSA) is 67.6 Å². The zero-order chi connectivity index (χ0) is 6.57. The summed E-state index contributed by atoms with van der Waals surface area (Å²) in [5.74, 6) is 5.40. The molecule has 0 aromatic heterocycles. The molecule has 0 spiro atoms. The predicted molar refractivity (Wildman–Crippen MR) is 33.8 cm³/mol. The van der Waals surface area contributed by atoms with E-state index in [9.17, 15) is 0 Å². The molecule has 0 aliphatic carbocycles. The lowest BCUT2D eigenvalue weighted by Gasteiger charge is -2.07. The summed E-state index contributed by atoms with van der Waals surface area (Å²) in [5.41, 5.74) is 5.21. The summed E-state index contributed by atoms with van der Waals surface area (Å²) >= 11 is 0. The fourth-order valence-corrected chi connectivity index (χ4v) is 0.185. The van der Waals surface area contributed by atoms with Crippen LogP contribution < -0.4 is 11.6 Å². The maximum atomic E-state index is 5.21. The van der Waals surface area contributed by atoms with E-state index in [0.29, 0.717) is 0 Å². The van der Waals surface area contributed by atoms with E-state index in [1.807, 2.05) is 0 Å². The number of guanidine groups is 1. The number of hydrogen-bond acceptors (Lipinski definition) is 2. The number of rotatable bonds is 1. The van der Waals surface area contributed by atoms with Gasteiger partial charge in [-0.3, -0.25) is 5.01 Å². The molecule has 4 heteroatoms. The molecule has 0 fully saturated rings. The molecular weight excluding hydrogens is 104 g/mol. The highest BCUT2D eigenvalue weighted by molar-refractivity contribution is 5.77. The molecule has 0 amide bonds. The van der Waals surface area contributed by atoms with Gasteiger partial charge in [0, 0.05) is 13.2 Å². The smallest absolute Gasteiger partial charge is 0.210 e. The Kier molecular flexibility index (Phi) is 2.64. The third-order valence-corrected chi connectivity index (χ3v) is 0.585. The predicted octanol–water partition coefficient (Wildman–Crippen LogP) is -0.750. The third-order valence-electron chi connectivity index (χ3n) is 0.585. The molecule has 0 unspecified atom stereocenters. The van der Waals surface area contributed by atoms with Crippen molar-refractivity contribution in [2.75, 3.05) is 7.05 Å². The van der Waals surface area contributed by atoms with E-state index in [4.69, 9.17) is 11.6 Å². The van der Waals surface area contributed by atoms with Crippen LogP contribution in [-0.2, 0) is 0 Å². The number of hydrogen-bond donors (Lipinski definition) is 2. The highest BCUT2D eigenvalue weighted by atomic mass is 15.4. The fraction of sp³-hybridized carbons (Fsp3) is 0.250. The van der Waals surface area contributed by atoms with Gasteiger partial charge < -0.3 is 5.73 Å². The first-order chi connectivity index (χ1) is 3.68.